The van der Waals surface area contributed by atoms with Gasteiger partial charge in [-0.3, -0.25) is 0 Å². The average Bonchev–Trinajstić information content (AvgIpc) is 2.60. The molecule has 1 aliphatic heterocycles. The standard InChI is InChI=1S/C17H25BO2/c1-14(10-9-13-15-11-7-6-8-12-15)18-19-16(2,3)17(4,5)20-18/h6-8,10-12H,9,13H2,1-5H3/b14-10+. The fourth-order valence-corrected chi connectivity index (χ4v) is 2.24. The zero-order valence-corrected chi connectivity index (χ0v) is 13.3. The van der Waals surface area contributed by atoms with Crippen LogP contribution >= 0.6 is 0 Å². The monoisotopic (exact) mass is 272 g/mol. The molecule has 0 atom stereocenters. The molecule has 0 unspecified atom stereocenters. The first-order valence-electron chi connectivity index (χ1n) is 7.38. The minimum atomic E-state index is -0.258. The normalized spacial score (nSPS) is 21.2. The van der Waals surface area contributed by atoms with Crippen molar-refractivity contribution in [2.24, 2.45) is 0 Å². The fourth-order valence-electron chi connectivity index (χ4n) is 2.24. The molecule has 0 N–H and O–H groups in total. The first-order chi connectivity index (χ1) is 9.32. The SMILES string of the molecule is C/C(=C\CCc1ccccc1)B1OC(C)(C)C(C)(C)O1. The molecule has 0 radical (unpaired) electrons. The van der Waals surface area contributed by atoms with Crippen molar-refractivity contribution < 1.29 is 9.31 Å². The summed E-state index contributed by atoms with van der Waals surface area (Å²) in [7, 11) is -0.212. The lowest BCUT2D eigenvalue weighted by atomic mass is 9.78. The summed E-state index contributed by atoms with van der Waals surface area (Å²) in [5, 5.41) is 0. The van der Waals surface area contributed by atoms with Crippen LogP contribution in [0.4, 0.5) is 0 Å². The molecule has 0 aliphatic carbocycles. The summed E-state index contributed by atoms with van der Waals surface area (Å²) in [5.41, 5.74) is 2.02. The molecule has 0 amide bonds. The maximum Gasteiger partial charge on any atom is 0.489 e. The van der Waals surface area contributed by atoms with E-state index in [0.717, 1.165) is 12.8 Å². The number of hydrogen-bond acceptors (Lipinski definition) is 2. The molecule has 1 aliphatic rings. The van der Waals surface area contributed by atoms with E-state index in [1.165, 1.54) is 11.0 Å². The van der Waals surface area contributed by atoms with Crippen LogP contribution in [0.2, 0.25) is 0 Å². The van der Waals surface area contributed by atoms with Gasteiger partial charge in [0, 0.05) is 0 Å². The Hall–Kier alpha value is -1.06. The zero-order valence-electron chi connectivity index (χ0n) is 13.3. The summed E-state index contributed by atoms with van der Waals surface area (Å²) in [6, 6.07) is 10.5. The van der Waals surface area contributed by atoms with Gasteiger partial charge < -0.3 is 9.31 Å². The van der Waals surface area contributed by atoms with E-state index in [0.29, 0.717) is 0 Å². The van der Waals surface area contributed by atoms with Gasteiger partial charge in [-0.1, -0.05) is 36.4 Å². The van der Waals surface area contributed by atoms with E-state index in [1.54, 1.807) is 0 Å². The minimum absolute atomic E-state index is 0.212. The predicted molar refractivity (Wildman–Crippen MR) is 84.6 cm³/mol. The maximum atomic E-state index is 6.04. The highest BCUT2D eigenvalue weighted by Crippen LogP contribution is 2.38. The molecule has 108 valence electrons. The van der Waals surface area contributed by atoms with Crippen LogP contribution in [0.5, 0.6) is 0 Å². The van der Waals surface area contributed by atoms with Crippen molar-refractivity contribution in [1.82, 2.24) is 0 Å². The van der Waals surface area contributed by atoms with Gasteiger partial charge >= 0.3 is 7.12 Å². The summed E-state index contributed by atoms with van der Waals surface area (Å²) in [6.07, 6.45) is 4.30. The average molecular weight is 272 g/mol. The second-order valence-corrected chi connectivity index (χ2v) is 6.56. The lowest BCUT2D eigenvalue weighted by molar-refractivity contribution is 0.00578. The van der Waals surface area contributed by atoms with E-state index < -0.39 is 0 Å². The van der Waals surface area contributed by atoms with Crippen molar-refractivity contribution in [3.8, 4) is 0 Å². The van der Waals surface area contributed by atoms with Crippen molar-refractivity contribution in [3.05, 3.63) is 47.4 Å². The van der Waals surface area contributed by atoms with Gasteiger partial charge in [0.1, 0.15) is 0 Å². The molecular formula is C17H25BO2. The van der Waals surface area contributed by atoms with E-state index in [9.17, 15) is 0 Å². The summed E-state index contributed by atoms with van der Waals surface area (Å²) < 4.78 is 12.1. The Morgan fingerprint density at radius 1 is 1.05 bits per heavy atom. The molecule has 0 saturated carbocycles. The van der Waals surface area contributed by atoms with Crippen LogP contribution in [0.3, 0.4) is 0 Å². The van der Waals surface area contributed by atoms with Crippen molar-refractivity contribution >= 4 is 7.12 Å². The lowest BCUT2D eigenvalue weighted by Gasteiger charge is -2.32. The van der Waals surface area contributed by atoms with Crippen LogP contribution in [0, 0.1) is 0 Å². The Balaban J connectivity index is 1.92. The van der Waals surface area contributed by atoms with Gasteiger partial charge in [-0.25, -0.2) is 0 Å². The summed E-state index contributed by atoms with van der Waals surface area (Å²) in [6.45, 7) is 10.4. The van der Waals surface area contributed by atoms with Crippen molar-refractivity contribution in [2.45, 2.75) is 58.7 Å². The van der Waals surface area contributed by atoms with Crippen LogP contribution < -0.4 is 0 Å². The molecule has 0 spiro atoms. The number of aryl methyl sites for hydroxylation is 1. The van der Waals surface area contributed by atoms with Crippen LogP contribution in [0.25, 0.3) is 0 Å². The number of benzene rings is 1. The third-order valence-corrected chi connectivity index (χ3v) is 4.37. The number of rotatable bonds is 4. The Morgan fingerprint density at radius 3 is 2.15 bits per heavy atom. The first-order valence-corrected chi connectivity index (χ1v) is 7.38. The van der Waals surface area contributed by atoms with Crippen molar-refractivity contribution in [1.29, 1.82) is 0 Å². The second-order valence-electron chi connectivity index (χ2n) is 6.56. The smallest absolute Gasteiger partial charge is 0.400 e. The molecule has 1 heterocycles. The van der Waals surface area contributed by atoms with E-state index >= 15 is 0 Å². The molecule has 1 aromatic carbocycles. The topological polar surface area (TPSA) is 18.5 Å². The molecule has 1 saturated heterocycles. The second kappa shape index (κ2) is 5.75. The lowest BCUT2D eigenvalue weighted by Crippen LogP contribution is -2.41. The minimum Gasteiger partial charge on any atom is -0.400 e. The highest BCUT2D eigenvalue weighted by atomic mass is 16.7. The number of hydrogen-bond donors (Lipinski definition) is 0. The van der Waals surface area contributed by atoms with Gasteiger partial charge in [0.15, 0.2) is 0 Å². The summed E-state index contributed by atoms with van der Waals surface area (Å²) in [4.78, 5) is 0. The van der Waals surface area contributed by atoms with Crippen LogP contribution in [0.1, 0.15) is 46.6 Å². The summed E-state index contributed by atoms with van der Waals surface area (Å²) in [5.74, 6) is 0. The van der Waals surface area contributed by atoms with Crippen LogP contribution in [-0.4, -0.2) is 18.3 Å². The molecule has 3 heteroatoms. The highest BCUT2D eigenvalue weighted by Gasteiger charge is 2.51. The Morgan fingerprint density at radius 2 is 1.60 bits per heavy atom. The fraction of sp³-hybridized carbons (Fsp3) is 0.529. The molecule has 20 heavy (non-hydrogen) atoms. The Labute approximate surface area is 123 Å². The predicted octanol–water partition coefficient (Wildman–Crippen LogP) is 4.20. The molecule has 0 bridgehead atoms. The van der Waals surface area contributed by atoms with E-state index in [2.05, 4.69) is 71.0 Å². The van der Waals surface area contributed by atoms with E-state index in [-0.39, 0.29) is 18.3 Å². The molecular weight excluding hydrogens is 247 g/mol. The zero-order chi connectivity index (χ0) is 14.8. The third kappa shape index (κ3) is 3.33. The van der Waals surface area contributed by atoms with Crippen LogP contribution in [-0.2, 0) is 15.7 Å². The Bertz CT molecular complexity index is 461. The number of allylic oxidation sites excluding steroid dienone is 2. The van der Waals surface area contributed by atoms with Crippen molar-refractivity contribution in [3.63, 3.8) is 0 Å². The third-order valence-electron chi connectivity index (χ3n) is 4.37. The van der Waals surface area contributed by atoms with Gasteiger partial charge in [-0.05, 0) is 58.5 Å². The molecule has 1 fully saturated rings. The molecule has 2 nitrogen and oxygen atoms in total. The van der Waals surface area contributed by atoms with E-state index in [1.807, 2.05) is 0 Å². The highest BCUT2D eigenvalue weighted by molar-refractivity contribution is 6.54. The van der Waals surface area contributed by atoms with Crippen molar-refractivity contribution in [2.75, 3.05) is 0 Å². The maximum absolute atomic E-state index is 6.04. The quantitative estimate of drug-likeness (QED) is 0.765. The molecule has 1 aromatic rings. The van der Waals surface area contributed by atoms with Gasteiger partial charge in [-0.2, -0.15) is 0 Å². The first kappa shape index (κ1) is 15.3. The van der Waals surface area contributed by atoms with Gasteiger partial charge in [0.2, 0.25) is 0 Å². The largest absolute Gasteiger partial charge is 0.489 e. The van der Waals surface area contributed by atoms with Gasteiger partial charge in [-0.15, -0.1) is 0 Å². The van der Waals surface area contributed by atoms with Gasteiger partial charge in [0.25, 0.3) is 0 Å². The van der Waals surface area contributed by atoms with Crippen LogP contribution in [0.15, 0.2) is 41.9 Å². The molecule has 2 rings (SSSR count). The Kier molecular flexibility index (Phi) is 4.41. The van der Waals surface area contributed by atoms with Gasteiger partial charge in [0.05, 0.1) is 11.2 Å². The van der Waals surface area contributed by atoms with E-state index in [4.69, 9.17) is 9.31 Å². The molecule has 0 aromatic heterocycles. The summed E-state index contributed by atoms with van der Waals surface area (Å²) >= 11 is 0.